The van der Waals surface area contributed by atoms with Crippen LogP contribution in [-0.4, -0.2) is 70.4 Å². The van der Waals surface area contributed by atoms with Crippen molar-refractivity contribution >= 4 is 41.3 Å². The molecule has 0 saturated carbocycles. The minimum absolute atomic E-state index is 0.0742. The standard InChI is InChI=1S/C10H16N2O4S2/c13-8(5-18-7-10(15)16)11-1-2-12-3-4-17-6-9(12)14/h1-7H2,(H,11,13)(H,15,16). The summed E-state index contributed by atoms with van der Waals surface area (Å²) in [5.74, 6) is 0.507. The highest BCUT2D eigenvalue weighted by atomic mass is 32.2. The first-order chi connectivity index (χ1) is 8.59. The normalized spacial score (nSPS) is 15.6. The minimum Gasteiger partial charge on any atom is -0.481 e. The molecule has 2 amide bonds. The number of hydrogen-bond acceptors (Lipinski definition) is 5. The van der Waals surface area contributed by atoms with Gasteiger partial charge in [0.15, 0.2) is 0 Å². The molecule has 0 unspecified atom stereocenters. The molecule has 0 aromatic heterocycles. The SMILES string of the molecule is O=C(O)CSCC(=O)NCCN1CCSCC1=O. The summed E-state index contributed by atoms with van der Waals surface area (Å²) in [5.41, 5.74) is 0. The maximum absolute atomic E-state index is 11.4. The Hall–Kier alpha value is -0.890. The zero-order valence-corrected chi connectivity index (χ0v) is 11.5. The molecule has 0 radical (unpaired) electrons. The fourth-order valence-electron chi connectivity index (χ4n) is 1.40. The van der Waals surface area contributed by atoms with E-state index in [2.05, 4.69) is 5.32 Å². The number of carbonyl (C=O) groups excluding carboxylic acids is 2. The van der Waals surface area contributed by atoms with Gasteiger partial charge in [-0.3, -0.25) is 14.4 Å². The predicted octanol–water partition coefficient (Wildman–Crippen LogP) is -0.504. The highest BCUT2D eigenvalue weighted by molar-refractivity contribution is 8.00. The fraction of sp³-hybridized carbons (Fsp3) is 0.700. The lowest BCUT2D eigenvalue weighted by Gasteiger charge is -2.26. The van der Waals surface area contributed by atoms with Crippen LogP contribution >= 0.6 is 23.5 Å². The number of nitrogens with zero attached hydrogens (tertiary/aromatic N) is 1. The van der Waals surface area contributed by atoms with Crippen molar-refractivity contribution < 1.29 is 19.5 Å². The van der Waals surface area contributed by atoms with Gasteiger partial charge in [0.05, 0.1) is 17.3 Å². The summed E-state index contributed by atoms with van der Waals surface area (Å²) < 4.78 is 0. The van der Waals surface area contributed by atoms with Crippen LogP contribution < -0.4 is 5.32 Å². The van der Waals surface area contributed by atoms with E-state index in [-0.39, 0.29) is 23.3 Å². The van der Waals surface area contributed by atoms with Gasteiger partial charge in [-0.05, 0) is 0 Å². The van der Waals surface area contributed by atoms with Gasteiger partial charge in [0.1, 0.15) is 0 Å². The third-order valence-electron chi connectivity index (χ3n) is 2.25. The molecule has 102 valence electrons. The number of carboxylic acids is 1. The molecule has 0 spiro atoms. The van der Waals surface area contributed by atoms with Crippen molar-refractivity contribution in [3.05, 3.63) is 0 Å². The summed E-state index contributed by atoms with van der Waals surface area (Å²) in [6, 6.07) is 0. The molecule has 18 heavy (non-hydrogen) atoms. The molecule has 0 aromatic carbocycles. The second-order valence-electron chi connectivity index (χ2n) is 3.67. The monoisotopic (exact) mass is 292 g/mol. The first-order valence-electron chi connectivity index (χ1n) is 5.51. The zero-order chi connectivity index (χ0) is 13.4. The first kappa shape index (κ1) is 15.2. The number of carboxylic acid groups (broad SMARTS) is 1. The lowest BCUT2D eigenvalue weighted by Crippen LogP contribution is -2.43. The van der Waals surface area contributed by atoms with Crippen LogP contribution in [0.25, 0.3) is 0 Å². The second kappa shape index (κ2) is 8.25. The Bertz CT molecular complexity index is 325. The van der Waals surface area contributed by atoms with E-state index < -0.39 is 5.97 Å². The van der Waals surface area contributed by atoms with Crippen molar-refractivity contribution in [3.8, 4) is 0 Å². The summed E-state index contributed by atoms with van der Waals surface area (Å²) in [6.07, 6.45) is 0. The third-order valence-corrected chi connectivity index (χ3v) is 4.09. The highest BCUT2D eigenvalue weighted by Crippen LogP contribution is 2.09. The Morgan fingerprint density at radius 1 is 1.44 bits per heavy atom. The van der Waals surface area contributed by atoms with Gasteiger partial charge >= 0.3 is 5.97 Å². The average molecular weight is 292 g/mol. The maximum atomic E-state index is 11.4. The smallest absolute Gasteiger partial charge is 0.313 e. The number of thioether (sulfide) groups is 2. The number of aliphatic carboxylic acids is 1. The predicted molar refractivity (Wildman–Crippen MR) is 71.9 cm³/mol. The molecule has 8 heteroatoms. The molecule has 1 rings (SSSR count). The summed E-state index contributed by atoms with van der Waals surface area (Å²) in [4.78, 5) is 34.7. The Balaban J connectivity index is 2.07. The summed E-state index contributed by atoms with van der Waals surface area (Å²) in [6.45, 7) is 1.67. The van der Waals surface area contributed by atoms with E-state index in [0.717, 1.165) is 24.1 Å². The van der Waals surface area contributed by atoms with E-state index in [4.69, 9.17) is 5.11 Å². The molecule has 1 aliphatic heterocycles. The van der Waals surface area contributed by atoms with Crippen LogP contribution in [0.2, 0.25) is 0 Å². The van der Waals surface area contributed by atoms with Crippen molar-refractivity contribution in [3.63, 3.8) is 0 Å². The topological polar surface area (TPSA) is 86.7 Å². The van der Waals surface area contributed by atoms with Gasteiger partial charge in [-0.1, -0.05) is 0 Å². The Kier molecular flexibility index (Phi) is 6.96. The highest BCUT2D eigenvalue weighted by Gasteiger charge is 2.17. The number of hydrogen-bond donors (Lipinski definition) is 2. The molecular formula is C10H16N2O4S2. The summed E-state index contributed by atoms with van der Waals surface area (Å²) in [5, 5.41) is 11.1. The third kappa shape index (κ3) is 6.15. The van der Waals surface area contributed by atoms with Crippen molar-refractivity contribution in [1.82, 2.24) is 10.2 Å². The lowest BCUT2D eigenvalue weighted by atomic mass is 10.4. The van der Waals surface area contributed by atoms with E-state index in [0.29, 0.717) is 18.8 Å². The zero-order valence-electron chi connectivity index (χ0n) is 9.89. The van der Waals surface area contributed by atoms with Gasteiger partial charge in [0.2, 0.25) is 11.8 Å². The van der Waals surface area contributed by atoms with E-state index in [1.54, 1.807) is 16.7 Å². The van der Waals surface area contributed by atoms with Crippen LogP contribution in [0.1, 0.15) is 0 Å². The first-order valence-corrected chi connectivity index (χ1v) is 7.82. The Morgan fingerprint density at radius 2 is 2.22 bits per heavy atom. The van der Waals surface area contributed by atoms with Gasteiger partial charge < -0.3 is 15.3 Å². The number of rotatable bonds is 7. The van der Waals surface area contributed by atoms with Gasteiger partial charge in [0.25, 0.3) is 0 Å². The van der Waals surface area contributed by atoms with E-state index in [9.17, 15) is 14.4 Å². The van der Waals surface area contributed by atoms with Crippen molar-refractivity contribution in [2.75, 3.05) is 42.6 Å². The molecule has 1 aliphatic rings. The maximum Gasteiger partial charge on any atom is 0.313 e. The molecule has 1 fully saturated rings. The van der Waals surface area contributed by atoms with Crippen LogP contribution in [0.3, 0.4) is 0 Å². The molecule has 6 nitrogen and oxygen atoms in total. The summed E-state index contributed by atoms with van der Waals surface area (Å²) >= 11 is 2.68. The molecule has 2 N–H and O–H groups in total. The van der Waals surface area contributed by atoms with Crippen LogP contribution in [0, 0.1) is 0 Å². The van der Waals surface area contributed by atoms with Crippen LogP contribution in [0.4, 0.5) is 0 Å². The molecule has 0 aliphatic carbocycles. The second-order valence-corrected chi connectivity index (χ2v) is 5.76. The quantitative estimate of drug-likeness (QED) is 0.657. The Labute approximate surface area is 114 Å². The summed E-state index contributed by atoms with van der Waals surface area (Å²) in [7, 11) is 0. The van der Waals surface area contributed by atoms with Crippen molar-refractivity contribution in [2.45, 2.75) is 0 Å². The van der Waals surface area contributed by atoms with Crippen LogP contribution in [0.5, 0.6) is 0 Å². The molecule has 1 saturated heterocycles. The van der Waals surface area contributed by atoms with Gasteiger partial charge in [-0.15, -0.1) is 11.8 Å². The van der Waals surface area contributed by atoms with Crippen molar-refractivity contribution in [1.29, 1.82) is 0 Å². The molecule has 1 heterocycles. The van der Waals surface area contributed by atoms with Crippen LogP contribution in [-0.2, 0) is 14.4 Å². The fourth-order valence-corrected chi connectivity index (χ4v) is 2.81. The molecular weight excluding hydrogens is 276 g/mol. The van der Waals surface area contributed by atoms with Crippen molar-refractivity contribution in [2.24, 2.45) is 0 Å². The van der Waals surface area contributed by atoms with Gasteiger partial charge in [-0.25, -0.2) is 0 Å². The average Bonchev–Trinajstić information content (AvgIpc) is 2.31. The lowest BCUT2D eigenvalue weighted by molar-refractivity contribution is -0.134. The van der Waals surface area contributed by atoms with E-state index in [1.807, 2.05) is 0 Å². The van der Waals surface area contributed by atoms with E-state index >= 15 is 0 Å². The van der Waals surface area contributed by atoms with Gasteiger partial charge in [0, 0.05) is 25.4 Å². The number of amides is 2. The van der Waals surface area contributed by atoms with E-state index in [1.165, 1.54) is 0 Å². The molecule has 0 bridgehead atoms. The molecule has 0 aromatic rings. The van der Waals surface area contributed by atoms with Gasteiger partial charge in [-0.2, -0.15) is 11.8 Å². The number of carbonyl (C=O) groups is 3. The minimum atomic E-state index is -0.927. The largest absolute Gasteiger partial charge is 0.481 e. The Morgan fingerprint density at radius 3 is 2.89 bits per heavy atom. The number of nitrogens with one attached hydrogen (secondary N) is 1. The molecule has 0 atom stereocenters. The van der Waals surface area contributed by atoms with Crippen LogP contribution in [0.15, 0.2) is 0 Å².